The van der Waals surface area contributed by atoms with Crippen molar-refractivity contribution in [1.29, 1.82) is 0 Å². The maximum atomic E-state index is 12.9. The van der Waals surface area contributed by atoms with E-state index in [1.165, 1.54) is 4.90 Å². The van der Waals surface area contributed by atoms with Gasteiger partial charge < -0.3 is 9.47 Å². The highest BCUT2D eigenvalue weighted by Gasteiger charge is 2.39. The van der Waals surface area contributed by atoms with Crippen LogP contribution in [0.3, 0.4) is 0 Å². The van der Waals surface area contributed by atoms with Crippen molar-refractivity contribution in [2.75, 3.05) is 13.2 Å². The van der Waals surface area contributed by atoms with Crippen molar-refractivity contribution in [3.63, 3.8) is 0 Å². The zero-order chi connectivity index (χ0) is 20.5. The van der Waals surface area contributed by atoms with Crippen LogP contribution in [0.1, 0.15) is 37.3 Å². The highest BCUT2D eigenvalue weighted by molar-refractivity contribution is 5.94. The van der Waals surface area contributed by atoms with E-state index in [0.717, 1.165) is 30.4 Å². The number of rotatable bonds is 10. The van der Waals surface area contributed by atoms with E-state index in [-0.39, 0.29) is 24.5 Å². The van der Waals surface area contributed by atoms with Crippen LogP contribution in [0.15, 0.2) is 60.7 Å². The van der Waals surface area contributed by atoms with Crippen LogP contribution in [-0.2, 0) is 27.3 Å². The molecule has 5 heteroatoms. The Morgan fingerprint density at radius 1 is 1.07 bits per heavy atom. The quantitative estimate of drug-likeness (QED) is 0.552. The molecule has 0 aliphatic carbocycles. The van der Waals surface area contributed by atoms with Gasteiger partial charge in [-0.3, -0.25) is 4.79 Å². The molecular weight excluding hydrogens is 366 g/mol. The van der Waals surface area contributed by atoms with Gasteiger partial charge in [-0.15, -0.1) is 0 Å². The molecule has 0 aromatic heterocycles. The zero-order valence-corrected chi connectivity index (χ0v) is 17.0. The first-order valence-corrected chi connectivity index (χ1v) is 10.3. The standard InChI is InChI=1S/C24H29NO4/c1-19(10-8-9-15-28-17-21-13-6-3-7-14-21)23(26)25-22(18-29-24(25)27)16-20-11-4-2-5-12-20/h2-7,11-14,19,22H,8-10,15-18H2,1H3/t19-,22-/m1/s1. The molecule has 3 rings (SSSR count). The summed E-state index contributed by atoms with van der Waals surface area (Å²) in [5.41, 5.74) is 2.25. The SMILES string of the molecule is C[C@H](CCCCOCc1ccccc1)C(=O)N1C(=O)OC[C@H]1Cc1ccccc1. The van der Waals surface area contributed by atoms with Crippen LogP contribution < -0.4 is 0 Å². The van der Waals surface area contributed by atoms with Gasteiger partial charge in [0.25, 0.3) is 0 Å². The van der Waals surface area contributed by atoms with E-state index < -0.39 is 6.09 Å². The second-order valence-corrected chi connectivity index (χ2v) is 7.56. The van der Waals surface area contributed by atoms with Gasteiger partial charge in [-0.2, -0.15) is 0 Å². The van der Waals surface area contributed by atoms with E-state index in [9.17, 15) is 9.59 Å². The fraction of sp³-hybridized carbons (Fsp3) is 0.417. The van der Waals surface area contributed by atoms with Crippen LogP contribution >= 0.6 is 0 Å². The first-order chi connectivity index (χ1) is 14.1. The summed E-state index contributed by atoms with van der Waals surface area (Å²) in [5.74, 6) is -0.355. The lowest BCUT2D eigenvalue weighted by atomic mass is 10.0. The molecule has 0 spiro atoms. The van der Waals surface area contributed by atoms with Crippen molar-refractivity contribution < 1.29 is 19.1 Å². The topological polar surface area (TPSA) is 55.8 Å². The molecule has 2 atom stereocenters. The molecule has 2 aromatic carbocycles. The zero-order valence-electron chi connectivity index (χ0n) is 17.0. The van der Waals surface area contributed by atoms with Gasteiger partial charge >= 0.3 is 6.09 Å². The van der Waals surface area contributed by atoms with Crippen molar-refractivity contribution in [2.24, 2.45) is 5.92 Å². The summed E-state index contributed by atoms with van der Waals surface area (Å²) in [7, 11) is 0. The van der Waals surface area contributed by atoms with Gasteiger partial charge in [0.2, 0.25) is 5.91 Å². The van der Waals surface area contributed by atoms with Gasteiger partial charge in [0.1, 0.15) is 6.61 Å². The molecule has 5 nitrogen and oxygen atoms in total. The summed E-state index contributed by atoms with van der Waals surface area (Å²) in [6, 6.07) is 19.7. The summed E-state index contributed by atoms with van der Waals surface area (Å²) < 4.78 is 10.9. The summed E-state index contributed by atoms with van der Waals surface area (Å²) in [6.07, 6.45) is 2.61. The molecule has 0 unspecified atom stereocenters. The van der Waals surface area contributed by atoms with Gasteiger partial charge in [-0.05, 0) is 30.4 Å². The average molecular weight is 395 g/mol. The molecule has 0 saturated carbocycles. The normalized spacial score (nSPS) is 17.2. The monoisotopic (exact) mass is 395 g/mol. The number of amides is 2. The Balaban J connectivity index is 1.40. The predicted molar refractivity (Wildman–Crippen MR) is 111 cm³/mol. The van der Waals surface area contributed by atoms with Crippen LogP contribution in [0.2, 0.25) is 0 Å². The number of carbonyl (C=O) groups is 2. The first-order valence-electron chi connectivity index (χ1n) is 10.3. The third-order valence-corrected chi connectivity index (χ3v) is 5.22. The van der Waals surface area contributed by atoms with Crippen molar-refractivity contribution in [3.8, 4) is 0 Å². The van der Waals surface area contributed by atoms with Gasteiger partial charge in [0, 0.05) is 12.5 Å². The van der Waals surface area contributed by atoms with Gasteiger partial charge in [-0.25, -0.2) is 9.69 Å². The molecule has 1 fully saturated rings. The van der Waals surface area contributed by atoms with E-state index in [2.05, 4.69) is 0 Å². The lowest BCUT2D eigenvalue weighted by Gasteiger charge is -2.23. The van der Waals surface area contributed by atoms with Crippen LogP contribution in [0, 0.1) is 5.92 Å². The van der Waals surface area contributed by atoms with Crippen molar-refractivity contribution in [3.05, 3.63) is 71.8 Å². The van der Waals surface area contributed by atoms with Gasteiger partial charge in [0.15, 0.2) is 0 Å². The Kier molecular flexibility index (Phi) is 7.82. The smallest absolute Gasteiger partial charge is 0.416 e. The predicted octanol–water partition coefficient (Wildman–Crippen LogP) is 4.60. The Morgan fingerprint density at radius 3 is 2.41 bits per heavy atom. The number of ether oxygens (including phenoxy) is 2. The second-order valence-electron chi connectivity index (χ2n) is 7.56. The Bertz CT molecular complexity index is 778. The van der Waals surface area contributed by atoms with Crippen molar-refractivity contribution >= 4 is 12.0 Å². The Labute approximate surface area is 172 Å². The summed E-state index contributed by atoms with van der Waals surface area (Å²) in [4.78, 5) is 26.3. The number of benzene rings is 2. The van der Waals surface area contributed by atoms with Gasteiger partial charge in [-0.1, -0.05) is 74.0 Å². The fourth-order valence-corrected chi connectivity index (χ4v) is 3.55. The van der Waals surface area contributed by atoms with E-state index in [4.69, 9.17) is 9.47 Å². The highest BCUT2D eigenvalue weighted by atomic mass is 16.6. The first kappa shape index (κ1) is 21.1. The number of carbonyl (C=O) groups excluding carboxylic acids is 2. The maximum absolute atomic E-state index is 12.9. The Morgan fingerprint density at radius 2 is 1.72 bits per heavy atom. The minimum absolute atomic E-state index is 0.140. The summed E-state index contributed by atoms with van der Waals surface area (Å²) in [6.45, 7) is 3.42. The molecule has 1 aliphatic heterocycles. The summed E-state index contributed by atoms with van der Waals surface area (Å²) >= 11 is 0. The molecular formula is C24H29NO4. The molecule has 0 bridgehead atoms. The van der Waals surface area contributed by atoms with Crippen molar-refractivity contribution in [2.45, 2.75) is 45.3 Å². The fourth-order valence-electron chi connectivity index (χ4n) is 3.55. The third-order valence-electron chi connectivity index (χ3n) is 5.22. The van der Waals surface area contributed by atoms with E-state index >= 15 is 0 Å². The maximum Gasteiger partial charge on any atom is 0.416 e. The third kappa shape index (κ3) is 6.16. The van der Waals surface area contributed by atoms with Crippen LogP contribution in [0.5, 0.6) is 0 Å². The lowest BCUT2D eigenvalue weighted by molar-refractivity contribution is -0.133. The van der Waals surface area contributed by atoms with Crippen molar-refractivity contribution in [1.82, 2.24) is 4.90 Å². The van der Waals surface area contributed by atoms with E-state index in [1.807, 2.05) is 67.6 Å². The van der Waals surface area contributed by atoms with Gasteiger partial charge in [0.05, 0.1) is 12.6 Å². The van der Waals surface area contributed by atoms with E-state index in [1.54, 1.807) is 0 Å². The number of imide groups is 1. The molecule has 154 valence electrons. The minimum atomic E-state index is -0.519. The molecule has 2 aromatic rings. The van der Waals surface area contributed by atoms with Crippen LogP contribution in [0.25, 0.3) is 0 Å². The van der Waals surface area contributed by atoms with E-state index in [0.29, 0.717) is 19.6 Å². The number of unbranched alkanes of at least 4 members (excludes halogenated alkanes) is 1. The number of hydrogen-bond donors (Lipinski definition) is 0. The average Bonchev–Trinajstić information content (AvgIpc) is 3.11. The number of hydrogen-bond acceptors (Lipinski definition) is 4. The molecule has 0 radical (unpaired) electrons. The van der Waals surface area contributed by atoms with Crippen LogP contribution in [0.4, 0.5) is 4.79 Å². The molecule has 0 N–H and O–H groups in total. The summed E-state index contributed by atoms with van der Waals surface area (Å²) in [5, 5.41) is 0. The molecule has 29 heavy (non-hydrogen) atoms. The number of nitrogens with zero attached hydrogens (tertiary/aromatic N) is 1. The molecule has 2 amide bonds. The van der Waals surface area contributed by atoms with Crippen LogP contribution in [-0.4, -0.2) is 36.2 Å². The second kappa shape index (κ2) is 10.8. The highest BCUT2D eigenvalue weighted by Crippen LogP contribution is 2.22. The Hall–Kier alpha value is -2.66. The molecule has 1 heterocycles. The molecule has 1 aliphatic rings. The molecule has 1 saturated heterocycles. The largest absolute Gasteiger partial charge is 0.447 e. The minimum Gasteiger partial charge on any atom is -0.447 e. The number of cyclic esters (lactones) is 1. The lowest BCUT2D eigenvalue weighted by Crippen LogP contribution is -2.43.